The first-order valence-corrected chi connectivity index (χ1v) is 12.7. The first kappa shape index (κ1) is 24.5. The second kappa shape index (κ2) is 12.8. The number of aromatic nitrogens is 1. The zero-order valence-electron chi connectivity index (χ0n) is 19.8. The topological polar surface area (TPSA) is 77.4 Å². The van der Waals surface area contributed by atoms with Gasteiger partial charge in [0.1, 0.15) is 5.56 Å². The van der Waals surface area contributed by atoms with Gasteiger partial charge in [0.2, 0.25) is 0 Å². The Morgan fingerprint density at radius 2 is 1.72 bits per heavy atom. The molecule has 1 fully saturated rings. The number of carbonyl (C=O) groups excluding carboxylic acids is 2. The molecule has 2 aliphatic carbocycles. The summed E-state index contributed by atoms with van der Waals surface area (Å²) in [6.07, 6.45) is 15.5. The predicted molar refractivity (Wildman–Crippen MR) is 126 cm³/mol. The molecule has 178 valence electrons. The molecule has 32 heavy (non-hydrogen) atoms. The van der Waals surface area contributed by atoms with Crippen LogP contribution in [0.3, 0.4) is 0 Å². The van der Waals surface area contributed by atoms with Crippen LogP contribution in [0.15, 0.2) is 10.9 Å². The van der Waals surface area contributed by atoms with Crippen LogP contribution >= 0.6 is 0 Å². The molecule has 0 bridgehead atoms. The van der Waals surface area contributed by atoms with Crippen LogP contribution in [-0.2, 0) is 28.9 Å². The summed E-state index contributed by atoms with van der Waals surface area (Å²) in [5, 5.41) is 2.94. The van der Waals surface area contributed by atoms with Gasteiger partial charge < -0.3 is 14.6 Å². The van der Waals surface area contributed by atoms with Gasteiger partial charge in [0.15, 0.2) is 0 Å². The molecule has 0 radical (unpaired) electrons. The Morgan fingerprint density at radius 1 is 1.00 bits per heavy atom. The summed E-state index contributed by atoms with van der Waals surface area (Å²) in [5.41, 5.74) is 2.57. The van der Waals surface area contributed by atoms with Crippen molar-refractivity contribution < 1.29 is 14.3 Å². The quantitative estimate of drug-likeness (QED) is 0.448. The lowest BCUT2D eigenvalue weighted by Gasteiger charge is -2.26. The Morgan fingerprint density at radius 3 is 2.47 bits per heavy atom. The summed E-state index contributed by atoms with van der Waals surface area (Å²) in [5.74, 6) is 0.0858. The number of esters is 1. The Kier molecular flexibility index (Phi) is 9.82. The van der Waals surface area contributed by atoms with E-state index in [0.717, 1.165) is 51.5 Å². The van der Waals surface area contributed by atoms with E-state index in [1.165, 1.54) is 63.3 Å². The summed E-state index contributed by atoms with van der Waals surface area (Å²) in [4.78, 5) is 37.6. The van der Waals surface area contributed by atoms with E-state index in [1.807, 2.05) is 10.6 Å². The number of aryl methyl sites for hydroxylation is 1. The van der Waals surface area contributed by atoms with Crippen LogP contribution < -0.4 is 10.9 Å². The summed E-state index contributed by atoms with van der Waals surface area (Å²) in [7, 11) is 1.39. The molecule has 1 amide bonds. The van der Waals surface area contributed by atoms with Crippen molar-refractivity contribution in [3.05, 3.63) is 33.2 Å². The predicted octanol–water partition coefficient (Wildman–Crippen LogP) is 4.55. The van der Waals surface area contributed by atoms with Crippen LogP contribution in [0.1, 0.15) is 105 Å². The molecule has 1 saturated carbocycles. The van der Waals surface area contributed by atoms with Crippen molar-refractivity contribution >= 4 is 11.9 Å². The van der Waals surface area contributed by atoms with Crippen molar-refractivity contribution in [2.24, 2.45) is 5.92 Å². The van der Waals surface area contributed by atoms with Crippen molar-refractivity contribution in [3.63, 3.8) is 0 Å². The zero-order chi connectivity index (χ0) is 22.8. The molecule has 0 aliphatic heterocycles. The number of amides is 1. The van der Waals surface area contributed by atoms with Gasteiger partial charge in [0.25, 0.3) is 11.5 Å². The fraction of sp³-hybridized carbons (Fsp3) is 0.731. The van der Waals surface area contributed by atoms with Crippen LogP contribution in [0.25, 0.3) is 0 Å². The summed E-state index contributed by atoms with van der Waals surface area (Å²) in [6.45, 7) is 1.27. The first-order valence-electron chi connectivity index (χ1n) is 12.7. The Hall–Kier alpha value is -2.11. The minimum atomic E-state index is -0.259. The third kappa shape index (κ3) is 6.94. The van der Waals surface area contributed by atoms with Crippen LogP contribution in [0.5, 0.6) is 0 Å². The fourth-order valence-electron chi connectivity index (χ4n) is 5.19. The van der Waals surface area contributed by atoms with Crippen molar-refractivity contribution in [1.29, 1.82) is 0 Å². The average Bonchev–Trinajstić information content (AvgIpc) is 2.79. The normalized spacial score (nSPS) is 17.2. The third-order valence-corrected chi connectivity index (χ3v) is 7.08. The smallest absolute Gasteiger partial charge is 0.305 e. The SMILES string of the molecule is COC(=O)CCCCCNC(=O)c1cc2c(n(CC3CCCCC3)c1=O)CCCCCC2. The largest absolute Gasteiger partial charge is 0.469 e. The van der Waals surface area contributed by atoms with E-state index in [9.17, 15) is 14.4 Å². The zero-order valence-corrected chi connectivity index (χ0v) is 19.8. The summed E-state index contributed by atoms with van der Waals surface area (Å²) >= 11 is 0. The third-order valence-electron chi connectivity index (χ3n) is 7.08. The number of nitrogens with one attached hydrogen (secondary N) is 1. The van der Waals surface area contributed by atoms with Crippen LogP contribution in [0.2, 0.25) is 0 Å². The molecule has 3 rings (SSSR count). The number of ether oxygens (including phenoxy) is 1. The van der Waals surface area contributed by atoms with Gasteiger partial charge in [-0.1, -0.05) is 38.5 Å². The second-order valence-corrected chi connectivity index (χ2v) is 9.51. The van der Waals surface area contributed by atoms with Crippen LogP contribution in [-0.4, -0.2) is 30.1 Å². The van der Waals surface area contributed by atoms with E-state index in [4.69, 9.17) is 0 Å². The lowest BCUT2D eigenvalue weighted by atomic mass is 9.88. The van der Waals surface area contributed by atoms with Crippen molar-refractivity contribution in [2.45, 2.75) is 103 Å². The molecule has 1 aromatic heterocycles. The van der Waals surface area contributed by atoms with Crippen molar-refractivity contribution in [3.8, 4) is 0 Å². The molecule has 1 N–H and O–H groups in total. The van der Waals surface area contributed by atoms with E-state index >= 15 is 0 Å². The van der Waals surface area contributed by atoms with Gasteiger partial charge in [-0.15, -0.1) is 0 Å². The Labute approximate surface area is 192 Å². The van der Waals surface area contributed by atoms with Gasteiger partial charge in [-0.05, 0) is 68.9 Å². The molecule has 1 aromatic rings. The number of nitrogens with zero attached hydrogens (tertiary/aromatic N) is 1. The maximum atomic E-state index is 13.4. The monoisotopic (exact) mass is 444 g/mol. The maximum absolute atomic E-state index is 13.4. The number of unbranched alkanes of at least 4 members (excludes halogenated alkanes) is 2. The molecule has 6 nitrogen and oxygen atoms in total. The molecule has 0 spiro atoms. The number of hydrogen-bond donors (Lipinski definition) is 1. The van der Waals surface area contributed by atoms with Gasteiger partial charge in [0, 0.05) is 25.2 Å². The number of carbonyl (C=O) groups is 2. The molecule has 6 heteroatoms. The number of rotatable bonds is 9. The second-order valence-electron chi connectivity index (χ2n) is 9.51. The lowest BCUT2D eigenvalue weighted by Crippen LogP contribution is -2.37. The summed E-state index contributed by atoms with van der Waals surface area (Å²) < 4.78 is 6.62. The van der Waals surface area contributed by atoms with E-state index in [-0.39, 0.29) is 17.4 Å². The highest BCUT2D eigenvalue weighted by atomic mass is 16.5. The van der Waals surface area contributed by atoms with Crippen LogP contribution in [0, 0.1) is 5.92 Å². The highest BCUT2D eigenvalue weighted by Gasteiger charge is 2.23. The van der Waals surface area contributed by atoms with Gasteiger partial charge in [0.05, 0.1) is 7.11 Å². The highest BCUT2D eigenvalue weighted by Crippen LogP contribution is 2.27. The minimum absolute atomic E-state index is 0.113. The highest BCUT2D eigenvalue weighted by molar-refractivity contribution is 5.94. The maximum Gasteiger partial charge on any atom is 0.305 e. The lowest BCUT2D eigenvalue weighted by molar-refractivity contribution is -0.140. The van der Waals surface area contributed by atoms with Crippen molar-refractivity contribution in [1.82, 2.24) is 9.88 Å². The fourth-order valence-corrected chi connectivity index (χ4v) is 5.19. The van der Waals surface area contributed by atoms with Gasteiger partial charge in [-0.3, -0.25) is 14.4 Å². The average molecular weight is 445 g/mol. The standard InChI is InChI=1S/C26H40N2O4/c1-32-24(29)16-10-5-11-17-27-25(30)22-18-21-14-8-2-3-9-15-23(21)28(26(22)31)19-20-12-6-4-7-13-20/h18,20H,2-17,19H2,1H3,(H,27,30). The number of methoxy groups -OCH3 is 1. The van der Waals surface area contributed by atoms with Gasteiger partial charge >= 0.3 is 5.97 Å². The summed E-state index contributed by atoms with van der Waals surface area (Å²) in [6, 6.07) is 1.88. The molecule has 0 aromatic carbocycles. The molecule has 0 unspecified atom stereocenters. The molecule has 0 atom stereocenters. The van der Waals surface area contributed by atoms with Crippen LogP contribution in [0.4, 0.5) is 0 Å². The van der Waals surface area contributed by atoms with E-state index in [0.29, 0.717) is 24.4 Å². The van der Waals surface area contributed by atoms with E-state index in [2.05, 4.69) is 10.1 Å². The van der Waals surface area contributed by atoms with Gasteiger partial charge in [-0.25, -0.2) is 0 Å². The molecular formula is C26H40N2O4. The number of hydrogen-bond acceptors (Lipinski definition) is 4. The van der Waals surface area contributed by atoms with Crippen molar-refractivity contribution in [2.75, 3.05) is 13.7 Å². The minimum Gasteiger partial charge on any atom is -0.469 e. The molecule has 0 saturated heterocycles. The van der Waals surface area contributed by atoms with E-state index in [1.54, 1.807) is 0 Å². The van der Waals surface area contributed by atoms with E-state index < -0.39 is 0 Å². The van der Waals surface area contributed by atoms with Gasteiger partial charge in [-0.2, -0.15) is 0 Å². The molecule has 2 aliphatic rings. The Balaban J connectivity index is 1.71. The molecular weight excluding hydrogens is 404 g/mol. The first-order chi connectivity index (χ1) is 15.6. The Bertz CT molecular complexity index is 824. The molecule has 1 heterocycles. The number of pyridine rings is 1. The number of fused-ring (bicyclic) bond motifs is 1.